The quantitative estimate of drug-likeness (QED) is 0.837. The Balaban J connectivity index is 2.14. The molecule has 1 atom stereocenters. The number of carbonyl (C=O) groups excluding carboxylic acids is 1. The molecule has 0 radical (unpaired) electrons. The second-order valence-corrected chi connectivity index (χ2v) is 7.29. The van der Waals surface area contributed by atoms with E-state index in [2.05, 4.69) is 20.1 Å². The maximum absolute atomic E-state index is 12.5. The highest BCUT2D eigenvalue weighted by atomic mass is 32.2. The largest absolute Gasteiger partial charge is 0.323 e. The van der Waals surface area contributed by atoms with Gasteiger partial charge in [-0.25, -0.2) is 8.42 Å². The molecule has 0 saturated carbocycles. The summed E-state index contributed by atoms with van der Waals surface area (Å²) in [7, 11) is -2.19. The number of aryl methyl sites for hydroxylation is 3. The molecule has 0 fully saturated rings. The van der Waals surface area contributed by atoms with Crippen molar-refractivity contribution in [3.8, 4) is 0 Å². The third kappa shape index (κ3) is 3.80. The number of anilines is 1. The highest BCUT2D eigenvalue weighted by Crippen LogP contribution is 2.18. The van der Waals surface area contributed by atoms with Crippen molar-refractivity contribution in [3.63, 3.8) is 0 Å². The molecule has 130 valence electrons. The Bertz CT molecular complexity index is 856. The molecule has 1 unspecified atom stereocenters. The van der Waals surface area contributed by atoms with Crippen LogP contribution in [0.25, 0.3) is 0 Å². The Kier molecular flexibility index (Phi) is 5.05. The maximum Gasteiger partial charge on any atom is 0.244 e. The number of rotatable bonds is 5. The van der Waals surface area contributed by atoms with Crippen LogP contribution in [0.3, 0.4) is 0 Å². The van der Waals surface area contributed by atoms with Crippen LogP contribution in [0.4, 0.5) is 5.69 Å². The summed E-state index contributed by atoms with van der Waals surface area (Å²) in [5.74, 6) is -0.469. The first-order valence-electron chi connectivity index (χ1n) is 7.38. The molecule has 0 aliphatic rings. The smallest absolute Gasteiger partial charge is 0.244 e. The first-order valence-corrected chi connectivity index (χ1v) is 8.86. The summed E-state index contributed by atoms with van der Waals surface area (Å²) in [4.78, 5) is 16.4. The number of aromatic nitrogens is 3. The lowest BCUT2D eigenvalue weighted by Gasteiger charge is -2.14. The first-order chi connectivity index (χ1) is 11.1. The topological polar surface area (TPSA) is 106 Å². The summed E-state index contributed by atoms with van der Waals surface area (Å²) in [6.07, 6.45) is 1.52. The second-order valence-electron chi connectivity index (χ2n) is 5.64. The van der Waals surface area contributed by atoms with Gasteiger partial charge in [-0.15, -0.1) is 0 Å². The minimum Gasteiger partial charge on any atom is -0.323 e. The summed E-state index contributed by atoms with van der Waals surface area (Å²) < 4.78 is 29.0. The standard InChI is InChI=1S/C15H21N5O3S/c1-9-6-7-13(8-16-9)17-15(21)11(3)19-24(22,23)14-10(2)18-20(5)12(14)4/h6-8,11,19H,1-5H3,(H,17,21). The fourth-order valence-corrected chi connectivity index (χ4v) is 3.92. The predicted molar refractivity (Wildman–Crippen MR) is 90.1 cm³/mol. The molecule has 0 aliphatic heterocycles. The van der Waals surface area contributed by atoms with Crippen molar-refractivity contribution in [1.29, 1.82) is 0 Å². The van der Waals surface area contributed by atoms with E-state index < -0.39 is 22.0 Å². The highest BCUT2D eigenvalue weighted by molar-refractivity contribution is 7.89. The maximum atomic E-state index is 12.5. The van der Waals surface area contributed by atoms with E-state index in [0.29, 0.717) is 17.1 Å². The molecule has 9 heteroatoms. The van der Waals surface area contributed by atoms with Gasteiger partial charge in [0, 0.05) is 12.7 Å². The molecule has 2 N–H and O–H groups in total. The number of carbonyl (C=O) groups is 1. The van der Waals surface area contributed by atoms with Crippen molar-refractivity contribution in [1.82, 2.24) is 19.5 Å². The Morgan fingerprint density at radius 1 is 1.25 bits per heavy atom. The van der Waals surface area contributed by atoms with Crippen molar-refractivity contribution in [3.05, 3.63) is 35.4 Å². The van der Waals surface area contributed by atoms with E-state index in [-0.39, 0.29) is 4.90 Å². The van der Waals surface area contributed by atoms with Crippen LogP contribution in [0.1, 0.15) is 24.0 Å². The molecule has 24 heavy (non-hydrogen) atoms. The molecule has 0 spiro atoms. The van der Waals surface area contributed by atoms with E-state index in [1.807, 2.05) is 6.92 Å². The zero-order valence-electron chi connectivity index (χ0n) is 14.3. The van der Waals surface area contributed by atoms with Gasteiger partial charge in [0.1, 0.15) is 4.90 Å². The minimum absolute atomic E-state index is 0.0988. The molecular formula is C15H21N5O3S. The Hall–Kier alpha value is -2.26. The van der Waals surface area contributed by atoms with Gasteiger partial charge in [-0.3, -0.25) is 14.5 Å². The molecule has 0 aromatic carbocycles. The van der Waals surface area contributed by atoms with E-state index in [4.69, 9.17) is 0 Å². The molecule has 0 saturated heterocycles. The Labute approximate surface area is 141 Å². The average molecular weight is 351 g/mol. The van der Waals surface area contributed by atoms with E-state index >= 15 is 0 Å². The normalized spacial score (nSPS) is 12.9. The zero-order chi connectivity index (χ0) is 18.1. The van der Waals surface area contributed by atoms with E-state index in [1.165, 1.54) is 17.8 Å². The number of nitrogens with one attached hydrogen (secondary N) is 2. The van der Waals surface area contributed by atoms with E-state index in [1.54, 1.807) is 33.0 Å². The Morgan fingerprint density at radius 3 is 2.42 bits per heavy atom. The van der Waals surface area contributed by atoms with Crippen LogP contribution in [0.5, 0.6) is 0 Å². The van der Waals surface area contributed by atoms with Crippen molar-refractivity contribution < 1.29 is 13.2 Å². The summed E-state index contributed by atoms with van der Waals surface area (Å²) in [6, 6.07) is 2.51. The van der Waals surface area contributed by atoms with Gasteiger partial charge in [-0.05, 0) is 39.8 Å². The van der Waals surface area contributed by atoms with Crippen LogP contribution in [-0.2, 0) is 21.9 Å². The van der Waals surface area contributed by atoms with Gasteiger partial charge >= 0.3 is 0 Å². The van der Waals surface area contributed by atoms with E-state index in [0.717, 1.165) is 5.69 Å². The van der Waals surface area contributed by atoms with Crippen LogP contribution in [0.2, 0.25) is 0 Å². The van der Waals surface area contributed by atoms with Crippen LogP contribution in [0.15, 0.2) is 23.2 Å². The van der Waals surface area contributed by atoms with Gasteiger partial charge in [0.05, 0.1) is 29.3 Å². The number of hydrogen-bond acceptors (Lipinski definition) is 5. The average Bonchev–Trinajstić information content (AvgIpc) is 2.74. The fourth-order valence-electron chi connectivity index (χ4n) is 2.28. The fraction of sp³-hybridized carbons (Fsp3) is 0.400. The second kappa shape index (κ2) is 6.70. The Morgan fingerprint density at radius 2 is 1.92 bits per heavy atom. The number of hydrogen-bond donors (Lipinski definition) is 2. The molecule has 0 bridgehead atoms. The van der Waals surface area contributed by atoms with Gasteiger partial charge in [-0.2, -0.15) is 9.82 Å². The van der Waals surface area contributed by atoms with Gasteiger partial charge in [0.15, 0.2) is 0 Å². The van der Waals surface area contributed by atoms with Gasteiger partial charge in [-0.1, -0.05) is 0 Å². The third-order valence-electron chi connectivity index (χ3n) is 3.62. The molecule has 2 heterocycles. The zero-order valence-corrected chi connectivity index (χ0v) is 15.1. The summed E-state index contributed by atoms with van der Waals surface area (Å²) >= 11 is 0. The van der Waals surface area contributed by atoms with Crippen LogP contribution in [-0.4, -0.2) is 35.1 Å². The van der Waals surface area contributed by atoms with Gasteiger partial charge < -0.3 is 5.32 Å². The lowest BCUT2D eigenvalue weighted by Crippen LogP contribution is -2.41. The van der Waals surface area contributed by atoms with Crippen molar-refractivity contribution in [2.45, 2.75) is 38.6 Å². The number of nitrogens with zero attached hydrogens (tertiary/aromatic N) is 3. The number of pyridine rings is 1. The predicted octanol–water partition coefficient (Wildman–Crippen LogP) is 1.05. The SMILES string of the molecule is Cc1ccc(NC(=O)C(C)NS(=O)(=O)c2c(C)nn(C)c2C)cn1. The molecule has 8 nitrogen and oxygen atoms in total. The molecule has 2 rings (SSSR count). The number of amides is 1. The summed E-state index contributed by atoms with van der Waals surface area (Å²) in [6.45, 7) is 6.60. The molecular weight excluding hydrogens is 330 g/mol. The van der Waals surface area contributed by atoms with Crippen LogP contribution in [0, 0.1) is 20.8 Å². The van der Waals surface area contributed by atoms with Crippen LogP contribution < -0.4 is 10.0 Å². The molecule has 2 aromatic heterocycles. The monoisotopic (exact) mass is 351 g/mol. The third-order valence-corrected chi connectivity index (χ3v) is 5.41. The van der Waals surface area contributed by atoms with Gasteiger partial charge in [0.2, 0.25) is 15.9 Å². The number of sulfonamides is 1. The van der Waals surface area contributed by atoms with Crippen LogP contribution >= 0.6 is 0 Å². The minimum atomic E-state index is -3.85. The lowest BCUT2D eigenvalue weighted by atomic mass is 10.3. The van der Waals surface area contributed by atoms with E-state index in [9.17, 15) is 13.2 Å². The molecule has 0 aliphatic carbocycles. The molecule has 1 amide bonds. The lowest BCUT2D eigenvalue weighted by molar-refractivity contribution is -0.117. The van der Waals surface area contributed by atoms with Crippen molar-refractivity contribution in [2.75, 3.05) is 5.32 Å². The van der Waals surface area contributed by atoms with Gasteiger partial charge in [0.25, 0.3) is 0 Å². The first kappa shape index (κ1) is 18.1. The summed E-state index contributed by atoms with van der Waals surface area (Å²) in [5, 5.41) is 6.72. The molecule has 2 aromatic rings. The van der Waals surface area contributed by atoms with Crippen molar-refractivity contribution >= 4 is 21.6 Å². The van der Waals surface area contributed by atoms with Crippen molar-refractivity contribution in [2.24, 2.45) is 7.05 Å². The highest BCUT2D eigenvalue weighted by Gasteiger charge is 2.27. The summed E-state index contributed by atoms with van der Waals surface area (Å²) in [5.41, 5.74) is 2.22.